The molecular formula is C24H25N2O2. The molecule has 28 heavy (non-hydrogen) atoms. The summed E-state index contributed by atoms with van der Waals surface area (Å²) in [6, 6.07) is 19.3. The molecule has 3 aromatic rings. The lowest BCUT2D eigenvalue weighted by Gasteiger charge is -2.17. The van der Waals surface area contributed by atoms with Crippen LogP contribution in [0.3, 0.4) is 0 Å². The molecular weight excluding hydrogens is 348 g/mol. The summed E-state index contributed by atoms with van der Waals surface area (Å²) in [6.45, 7) is 0.692. The second-order valence-corrected chi connectivity index (χ2v) is 7.12. The van der Waals surface area contributed by atoms with Gasteiger partial charge in [-0.05, 0) is 67.1 Å². The fraction of sp³-hybridized carbons (Fsp3) is 0.292. The average Bonchev–Trinajstić information content (AvgIpc) is 3.26. The van der Waals surface area contributed by atoms with Crippen molar-refractivity contribution in [2.45, 2.75) is 38.3 Å². The van der Waals surface area contributed by atoms with E-state index in [-0.39, 0.29) is 0 Å². The number of ether oxygens (including phenoxy) is 2. The molecule has 0 aliphatic heterocycles. The summed E-state index contributed by atoms with van der Waals surface area (Å²) >= 11 is 0. The number of aromatic nitrogens is 1. The highest BCUT2D eigenvalue weighted by Gasteiger charge is 2.18. The summed E-state index contributed by atoms with van der Waals surface area (Å²) in [4.78, 5) is 4.37. The van der Waals surface area contributed by atoms with E-state index in [2.05, 4.69) is 40.6 Å². The van der Waals surface area contributed by atoms with E-state index < -0.39 is 0 Å². The fourth-order valence-electron chi connectivity index (χ4n) is 3.58. The van der Waals surface area contributed by atoms with Gasteiger partial charge >= 0.3 is 0 Å². The van der Waals surface area contributed by atoms with Crippen LogP contribution in [0.4, 0.5) is 5.69 Å². The first-order valence-electron chi connectivity index (χ1n) is 9.81. The first kappa shape index (κ1) is 18.4. The number of methoxy groups -OCH3 is 1. The highest BCUT2D eigenvalue weighted by molar-refractivity contribution is 5.66. The van der Waals surface area contributed by atoms with Crippen LogP contribution in [0.1, 0.15) is 31.2 Å². The van der Waals surface area contributed by atoms with Crippen LogP contribution in [0.25, 0.3) is 11.1 Å². The second-order valence-electron chi connectivity index (χ2n) is 7.12. The van der Waals surface area contributed by atoms with E-state index in [4.69, 9.17) is 9.47 Å². The third kappa shape index (κ3) is 4.45. The minimum Gasteiger partial charge on any atom is -0.493 e. The van der Waals surface area contributed by atoms with Gasteiger partial charge in [-0.25, -0.2) is 0 Å². The Hall–Kier alpha value is -3.01. The van der Waals surface area contributed by atoms with E-state index in [1.165, 1.54) is 12.8 Å². The lowest BCUT2D eigenvalue weighted by Crippen LogP contribution is -2.12. The Bertz CT molecular complexity index is 905. The Balaban J connectivity index is 1.46. The number of nitrogens with one attached hydrogen (secondary N) is 1. The molecule has 4 rings (SSSR count). The standard InChI is InChI=1S/C24H25N2O2/c1-27-23-12-11-18(13-24(23)28-22-9-5-6-10-22)15-26-21-14-20(16-25-17-21)19-7-3-2-4-8-19/h2-3,7-8,11-14,16-17,22,26H,5-6,9-10,15H2,1H3. The van der Waals surface area contributed by atoms with Crippen molar-refractivity contribution < 1.29 is 9.47 Å². The van der Waals surface area contributed by atoms with Gasteiger partial charge in [0.1, 0.15) is 0 Å². The minimum absolute atomic E-state index is 0.306. The number of hydrogen-bond donors (Lipinski definition) is 1. The number of anilines is 1. The molecule has 143 valence electrons. The number of rotatable bonds is 7. The number of nitrogens with zero attached hydrogens (tertiary/aromatic N) is 1. The van der Waals surface area contributed by atoms with E-state index in [1.54, 1.807) is 7.11 Å². The van der Waals surface area contributed by atoms with Gasteiger partial charge in [-0.15, -0.1) is 0 Å². The summed E-state index contributed by atoms with van der Waals surface area (Å²) in [6.07, 6.45) is 8.76. The van der Waals surface area contributed by atoms with Crippen molar-refractivity contribution in [3.63, 3.8) is 0 Å². The summed E-state index contributed by atoms with van der Waals surface area (Å²) < 4.78 is 11.7. The van der Waals surface area contributed by atoms with Crippen LogP contribution in [-0.2, 0) is 6.54 Å². The zero-order chi connectivity index (χ0) is 19.2. The average molecular weight is 373 g/mol. The third-order valence-electron chi connectivity index (χ3n) is 5.10. The molecule has 2 aromatic carbocycles. The molecule has 1 radical (unpaired) electrons. The predicted octanol–water partition coefficient (Wildman–Crippen LogP) is 5.49. The van der Waals surface area contributed by atoms with Crippen molar-refractivity contribution >= 4 is 5.69 Å². The van der Waals surface area contributed by atoms with Gasteiger partial charge in [-0.3, -0.25) is 4.98 Å². The van der Waals surface area contributed by atoms with Crippen molar-refractivity contribution in [2.75, 3.05) is 12.4 Å². The van der Waals surface area contributed by atoms with Crippen molar-refractivity contribution in [3.8, 4) is 22.6 Å². The van der Waals surface area contributed by atoms with Gasteiger partial charge in [0.25, 0.3) is 0 Å². The molecule has 4 heteroatoms. The largest absolute Gasteiger partial charge is 0.493 e. The topological polar surface area (TPSA) is 43.4 Å². The Morgan fingerprint density at radius 1 is 1.07 bits per heavy atom. The van der Waals surface area contributed by atoms with Crippen molar-refractivity contribution in [2.24, 2.45) is 0 Å². The molecule has 0 atom stereocenters. The maximum atomic E-state index is 6.20. The molecule has 0 spiro atoms. The quantitative estimate of drug-likeness (QED) is 0.595. The molecule has 0 amide bonds. The van der Waals surface area contributed by atoms with E-state index in [9.17, 15) is 0 Å². The molecule has 0 saturated heterocycles. The molecule has 0 bridgehead atoms. The van der Waals surface area contributed by atoms with Crippen molar-refractivity contribution in [1.82, 2.24) is 4.98 Å². The van der Waals surface area contributed by atoms with Crippen LogP contribution < -0.4 is 14.8 Å². The highest BCUT2D eigenvalue weighted by atomic mass is 16.5. The summed E-state index contributed by atoms with van der Waals surface area (Å²) in [5, 5.41) is 3.46. The van der Waals surface area contributed by atoms with Crippen LogP contribution in [0.5, 0.6) is 11.5 Å². The second kappa shape index (κ2) is 8.79. The first-order valence-corrected chi connectivity index (χ1v) is 9.81. The Morgan fingerprint density at radius 2 is 1.96 bits per heavy atom. The Kier molecular flexibility index (Phi) is 5.76. The first-order chi connectivity index (χ1) is 13.8. The Labute approximate surface area is 166 Å². The van der Waals surface area contributed by atoms with E-state index >= 15 is 0 Å². The van der Waals surface area contributed by atoms with E-state index in [0.717, 1.165) is 46.7 Å². The van der Waals surface area contributed by atoms with Crippen LogP contribution in [0.15, 0.2) is 60.9 Å². The molecule has 0 unspecified atom stereocenters. The van der Waals surface area contributed by atoms with Gasteiger partial charge < -0.3 is 14.8 Å². The molecule has 1 aliphatic carbocycles. The number of benzene rings is 2. The maximum Gasteiger partial charge on any atom is 0.161 e. The van der Waals surface area contributed by atoms with Gasteiger partial charge in [0, 0.05) is 24.5 Å². The predicted molar refractivity (Wildman–Crippen MR) is 112 cm³/mol. The zero-order valence-corrected chi connectivity index (χ0v) is 16.2. The lowest BCUT2D eigenvalue weighted by atomic mass is 10.1. The van der Waals surface area contributed by atoms with Gasteiger partial charge in [-0.1, -0.05) is 24.3 Å². The fourth-order valence-corrected chi connectivity index (χ4v) is 3.58. The van der Waals surface area contributed by atoms with Crippen LogP contribution in [0.2, 0.25) is 0 Å². The minimum atomic E-state index is 0.306. The molecule has 1 N–H and O–H groups in total. The molecule has 1 heterocycles. The molecule has 1 saturated carbocycles. The summed E-state index contributed by atoms with van der Waals surface area (Å²) in [5.74, 6) is 1.63. The molecule has 1 aliphatic rings. The normalized spacial score (nSPS) is 14.0. The van der Waals surface area contributed by atoms with E-state index in [1.807, 2.05) is 36.7 Å². The number of pyridine rings is 1. The van der Waals surface area contributed by atoms with Gasteiger partial charge in [0.05, 0.1) is 18.9 Å². The molecule has 1 aromatic heterocycles. The summed E-state index contributed by atoms with van der Waals surface area (Å²) in [7, 11) is 1.69. The lowest BCUT2D eigenvalue weighted by molar-refractivity contribution is 0.200. The van der Waals surface area contributed by atoms with Crippen LogP contribution >= 0.6 is 0 Å². The van der Waals surface area contributed by atoms with Gasteiger partial charge in [-0.2, -0.15) is 0 Å². The van der Waals surface area contributed by atoms with Crippen LogP contribution in [-0.4, -0.2) is 18.2 Å². The van der Waals surface area contributed by atoms with Crippen LogP contribution in [0, 0.1) is 6.07 Å². The summed E-state index contributed by atoms with van der Waals surface area (Å²) in [5.41, 5.74) is 4.31. The SMILES string of the molecule is COc1ccc(CNc2cncc(-c3c[c]ccc3)c2)cc1OC1CCCC1. The maximum absolute atomic E-state index is 6.20. The smallest absolute Gasteiger partial charge is 0.161 e. The molecule has 1 fully saturated rings. The molecule has 4 nitrogen and oxygen atoms in total. The van der Waals surface area contributed by atoms with Crippen molar-refractivity contribution in [3.05, 3.63) is 72.6 Å². The highest BCUT2D eigenvalue weighted by Crippen LogP contribution is 2.32. The monoisotopic (exact) mass is 373 g/mol. The Morgan fingerprint density at radius 3 is 2.75 bits per heavy atom. The van der Waals surface area contributed by atoms with Gasteiger partial charge in [0.2, 0.25) is 0 Å². The zero-order valence-electron chi connectivity index (χ0n) is 16.2. The van der Waals surface area contributed by atoms with Gasteiger partial charge in [0.15, 0.2) is 11.5 Å². The number of hydrogen-bond acceptors (Lipinski definition) is 4. The third-order valence-corrected chi connectivity index (χ3v) is 5.10. The van der Waals surface area contributed by atoms with E-state index in [0.29, 0.717) is 12.6 Å². The van der Waals surface area contributed by atoms with Crippen molar-refractivity contribution in [1.29, 1.82) is 0 Å².